The van der Waals surface area contributed by atoms with Crippen molar-refractivity contribution in [2.75, 3.05) is 19.7 Å². The number of nitrogens with zero attached hydrogens (tertiary/aromatic N) is 3. The lowest BCUT2D eigenvalue weighted by atomic mass is 9.96. The van der Waals surface area contributed by atoms with Gasteiger partial charge in [-0.15, -0.1) is 16.4 Å². The summed E-state index contributed by atoms with van der Waals surface area (Å²) >= 11 is 3.17. The molecule has 4 heterocycles. The van der Waals surface area contributed by atoms with Gasteiger partial charge in [0.05, 0.1) is 24.6 Å². The maximum Gasteiger partial charge on any atom is 0.314 e. The zero-order chi connectivity index (χ0) is 19.7. The summed E-state index contributed by atoms with van der Waals surface area (Å²) in [6.07, 6.45) is 2.55. The van der Waals surface area contributed by atoms with Crippen molar-refractivity contribution in [3.8, 4) is 5.88 Å². The van der Waals surface area contributed by atoms with Gasteiger partial charge in [0.25, 0.3) is 0 Å². The van der Waals surface area contributed by atoms with Gasteiger partial charge in [0.2, 0.25) is 10.8 Å². The molecule has 0 saturated carbocycles. The Labute approximate surface area is 171 Å². The number of quaternary nitrogens is 1. The molecule has 1 saturated heterocycles. The van der Waals surface area contributed by atoms with Crippen LogP contribution in [-0.2, 0) is 16.0 Å². The molecule has 9 heteroatoms. The molecule has 1 aliphatic rings. The predicted octanol–water partition coefficient (Wildman–Crippen LogP) is 2.07. The van der Waals surface area contributed by atoms with Crippen LogP contribution in [-0.4, -0.2) is 45.4 Å². The number of piperidine rings is 1. The Morgan fingerprint density at radius 2 is 2.36 bits per heavy atom. The Balaban J connectivity index is 1.70. The van der Waals surface area contributed by atoms with Crippen LogP contribution >= 0.6 is 22.7 Å². The number of likely N-dealkylation sites (tertiary alicyclic amines) is 1. The lowest BCUT2D eigenvalue weighted by Crippen LogP contribution is -3.14. The summed E-state index contributed by atoms with van der Waals surface area (Å²) in [6.45, 7) is 5.91. The Kier molecular flexibility index (Phi) is 5.65. The molecule has 3 atom stereocenters. The molecule has 0 amide bonds. The van der Waals surface area contributed by atoms with Crippen LogP contribution < -0.4 is 4.90 Å². The highest BCUT2D eigenvalue weighted by molar-refractivity contribution is 7.17. The fraction of sp³-hybridized carbons (Fsp3) is 0.526. The maximum atomic E-state index is 12.3. The summed E-state index contributed by atoms with van der Waals surface area (Å²) in [7, 11) is 0. The lowest BCUT2D eigenvalue weighted by Gasteiger charge is -2.33. The SMILES string of the molecule is CCOC(=O)[C@H]1CCC[NH+]([C@H](c2cccs2)c2sc3nc(CC)nn3c2O)C1. The number of aryl methyl sites for hydroxylation is 1. The molecule has 150 valence electrons. The van der Waals surface area contributed by atoms with Crippen LogP contribution in [0.1, 0.15) is 48.3 Å². The van der Waals surface area contributed by atoms with Crippen molar-refractivity contribution in [3.63, 3.8) is 0 Å². The zero-order valence-electron chi connectivity index (χ0n) is 16.1. The standard InChI is InChI=1S/C19H24N4O3S2/c1-3-14-20-19-23(21-14)17(24)16(28-19)15(13-8-6-10-27-13)22-9-5-7-12(11-22)18(25)26-4-2/h6,8,10,12,15,24H,3-5,7,9,11H2,1-2H3/p+1/t12-,15+/m0/s1. The van der Waals surface area contributed by atoms with Crippen LogP contribution in [0.15, 0.2) is 17.5 Å². The minimum atomic E-state index is -0.107. The van der Waals surface area contributed by atoms with E-state index in [0.29, 0.717) is 18.1 Å². The van der Waals surface area contributed by atoms with E-state index >= 15 is 0 Å². The minimum Gasteiger partial charge on any atom is -0.492 e. The van der Waals surface area contributed by atoms with E-state index in [-0.39, 0.29) is 23.8 Å². The molecule has 3 aromatic heterocycles. The highest BCUT2D eigenvalue weighted by atomic mass is 32.1. The molecular weight excluding hydrogens is 396 g/mol. The van der Waals surface area contributed by atoms with E-state index in [1.807, 2.05) is 19.9 Å². The molecule has 0 radical (unpaired) electrons. The number of esters is 1. The fourth-order valence-electron chi connectivity index (χ4n) is 3.92. The minimum absolute atomic E-state index is 0.0317. The third-order valence-corrected chi connectivity index (χ3v) is 7.26. The quantitative estimate of drug-likeness (QED) is 0.596. The van der Waals surface area contributed by atoms with Crippen molar-refractivity contribution in [2.24, 2.45) is 5.92 Å². The molecule has 7 nitrogen and oxygen atoms in total. The van der Waals surface area contributed by atoms with Crippen LogP contribution in [0, 0.1) is 5.92 Å². The van der Waals surface area contributed by atoms with E-state index < -0.39 is 0 Å². The molecule has 0 aliphatic carbocycles. The summed E-state index contributed by atoms with van der Waals surface area (Å²) in [6, 6.07) is 4.10. The van der Waals surface area contributed by atoms with Crippen molar-refractivity contribution < 1.29 is 19.5 Å². The first-order valence-corrected chi connectivity index (χ1v) is 11.4. The lowest BCUT2D eigenvalue weighted by molar-refractivity contribution is -0.932. The summed E-state index contributed by atoms with van der Waals surface area (Å²) in [5.74, 6) is 0.691. The average molecular weight is 422 g/mol. The summed E-state index contributed by atoms with van der Waals surface area (Å²) in [5.41, 5.74) is 0. The normalized spacial score (nSPS) is 21.1. The average Bonchev–Trinajstić information content (AvgIpc) is 3.42. The monoisotopic (exact) mass is 421 g/mol. The zero-order valence-corrected chi connectivity index (χ0v) is 17.7. The summed E-state index contributed by atoms with van der Waals surface area (Å²) < 4.78 is 6.82. The number of ether oxygens (including phenoxy) is 1. The van der Waals surface area contributed by atoms with Crippen molar-refractivity contribution in [3.05, 3.63) is 33.1 Å². The summed E-state index contributed by atoms with van der Waals surface area (Å²) in [4.78, 5) is 20.9. The third kappa shape index (κ3) is 3.54. The smallest absolute Gasteiger partial charge is 0.314 e. The van der Waals surface area contributed by atoms with Crippen molar-refractivity contribution >= 4 is 33.6 Å². The topological polar surface area (TPSA) is 81.2 Å². The van der Waals surface area contributed by atoms with Gasteiger partial charge in [0, 0.05) is 6.42 Å². The molecule has 2 N–H and O–H groups in total. The van der Waals surface area contributed by atoms with Gasteiger partial charge in [-0.05, 0) is 31.2 Å². The number of carbonyl (C=O) groups excluding carboxylic acids is 1. The first-order chi connectivity index (χ1) is 13.6. The van der Waals surface area contributed by atoms with E-state index in [2.05, 4.69) is 21.5 Å². The second-order valence-corrected chi connectivity index (χ2v) is 9.01. The number of carbonyl (C=O) groups is 1. The molecule has 1 unspecified atom stereocenters. The van der Waals surface area contributed by atoms with Crippen molar-refractivity contribution in [1.82, 2.24) is 14.6 Å². The van der Waals surface area contributed by atoms with E-state index in [9.17, 15) is 9.90 Å². The number of aromatic hydroxyl groups is 1. The summed E-state index contributed by atoms with van der Waals surface area (Å²) in [5, 5.41) is 17.4. The number of fused-ring (bicyclic) bond motifs is 1. The maximum absolute atomic E-state index is 12.3. The largest absolute Gasteiger partial charge is 0.492 e. The molecule has 0 bridgehead atoms. The first kappa shape index (κ1) is 19.4. The van der Waals surface area contributed by atoms with Gasteiger partial charge in [0.15, 0.2) is 11.9 Å². The van der Waals surface area contributed by atoms with Crippen molar-refractivity contribution in [2.45, 2.75) is 39.2 Å². The van der Waals surface area contributed by atoms with Gasteiger partial charge < -0.3 is 14.7 Å². The molecular formula is C19H25N4O3S2+. The second kappa shape index (κ2) is 8.18. The number of hydrogen-bond acceptors (Lipinski definition) is 7. The number of thiazole rings is 1. The van der Waals surface area contributed by atoms with Crippen LogP contribution in [0.25, 0.3) is 4.96 Å². The number of aromatic nitrogens is 3. The number of hydrogen-bond donors (Lipinski definition) is 2. The van der Waals surface area contributed by atoms with E-state index in [4.69, 9.17) is 4.74 Å². The van der Waals surface area contributed by atoms with Gasteiger partial charge in [-0.25, -0.2) is 4.98 Å². The highest BCUT2D eigenvalue weighted by Crippen LogP contribution is 2.36. The second-order valence-electron chi connectivity index (χ2n) is 7.02. The number of nitrogens with one attached hydrogen (secondary N) is 1. The highest BCUT2D eigenvalue weighted by Gasteiger charge is 2.38. The Morgan fingerprint density at radius 3 is 3.04 bits per heavy atom. The van der Waals surface area contributed by atoms with Crippen LogP contribution in [0.5, 0.6) is 5.88 Å². The van der Waals surface area contributed by atoms with E-state index in [0.717, 1.165) is 36.5 Å². The Hall–Kier alpha value is -1.97. The third-order valence-electron chi connectivity index (χ3n) is 5.24. The van der Waals surface area contributed by atoms with Crippen molar-refractivity contribution in [1.29, 1.82) is 0 Å². The van der Waals surface area contributed by atoms with Crippen LogP contribution in [0.2, 0.25) is 0 Å². The fourth-order valence-corrected chi connectivity index (χ4v) is 6.04. The van der Waals surface area contributed by atoms with E-state index in [1.54, 1.807) is 15.9 Å². The molecule has 3 aromatic rings. The molecule has 0 spiro atoms. The van der Waals surface area contributed by atoms with Gasteiger partial charge in [-0.3, -0.25) is 4.79 Å². The van der Waals surface area contributed by atoms with E-state index in [1.165, 1.54) is 21.1 Å². The van der Waals surface area contributed by atoms with Gasteiger partial charge >= 0.3 is 5.97 Å². The predicted molar refractivity (Wildman–Crippen MR) is 108 cm³/mol. The van der Waals surface area contributed by atoms with Gasteiger partial charge in [-0.1, -0.05) is 24.3 Å². The van der Waals surface area contributed by atoms with Gasteiger partial charge in [0.1, 0.15) is 10.8 Å². The Morgan fingerprint density at radius 1 is 1.50 bits per heavy atom. The number of thiophene rings is 1. The molecule has 1 fully saturated rings. The molecule has 0 aromatic carbocycles. The molecule has 28 heavy (non-hydrogen) atoms. The van der Waals surface area contributed by atoms with Crippen LogP contribution in [0.3, 0.4) is 0 Å². The number of rotatable bonds is 6. The van der Waals surface area contributed by atoms with Gasteiger partial charge in [-0.2, -0.15) is 4.52 Å². The molecule has 4 rings (SSSR count). The van der Waals surface area contributed by atoms with Crippen LogP contribution in [0.4, 0.5) is 0 Å². The first-order valence-electron chi connectivity index (χ1n) is 9.74. The Bertz CT molecular complexity index is 950. The molecule has 1 aliphatic heterocycles.